The highest BCUT2D eigenvalue weighted by atomic mass is 32.2. The molecule has 7 heteroatoms. The summed E-state index contributed by atoms with van der Waals surface area (Å²) in [6.45, 7) is 3.64. The number of piperazine rings is 1. The number of hydrogen-bond acceptors (Lipinski definition) is 3. The summed E-state index contributed by atoms with van der Waals surface area (Å²) in [4.78, 5) is 13.9. The number of anilines is 1. The van der Waals surface area contributed by atoms with Gasteiger partial charge in [0, 0.05) is 31.9 Å². The van der Waals surface area contributed by atoms with Crippen LogP contribution >= 0.6 is 0 Å². The van der Waals surface area contributed by atoms with Crippen LogP contribution in [0.5, 0.6) is 0 Å². The van der Waals surface area contributed by atoms with E-state index in [4.69, 9.17) is 0 Å². The SMILES string of the molecule is Cc1ccc(NC(=O)N2CCN(S(=O)(=O)C3CC3)CC2)cc1. The Hall–Kier alpha value is -1.60. The summed E-state index contributed by atoms with van der Waals surface area (Å²) in [5.74, 6) is 0. The second-order valence-corrected chi connectivity index (χ2v) is 8.14. The van der Waals surface area contributed by atoms with Gasteiger partial charge in [0.05, 0.1) is 5.25 Å². The average molecular weight is 323 g/mol. The maximum absolute atomic E-state index is 12.2. The molecule has 120 valence electrons. The van der Waals surface area contributed by atoms with E-state index in [0.29, 0.717) is 26.2 Å². The number of benzene rings is 1. The second-order valence-electron chi connectivity index (χ2n) is 5.93. The minimum atomic E-state index is -3.13. The van der Waals surface area contributed by atoms with E-state index in [1.54, 1.807) is 4.90 Å². The molecule has 1 saturated heterocycles. The standard InChI is InChI=1S/C15H21N3O3S/c1-12-2-4-13(5-3-12)16-15(19)17-8-10-18(11-9-17)22(20,21)14-6-7-14/h2-5,14H,6-11H2,1H3,(H,16,19). The molecule has 0 unspecified atom stereocenters. The molecule has 1 saturated carbocycles. The van der Waals surface area contributed by atoms with Crippen LogP contribution in [0.1, 0.15) is 18.4 Å². The number of amides is 2. The molecule has 22 heavy (non-hydrogen) atoms. The Morgan fingerprint density at radius 3 is 2.23 bits per heavy atom. The topological polar surface area (TPSA) is 69.7 Å². The normalized spacial score (nSPS) is 20.0. The van der Waals surface area contributed by atoms with Crippen LogP contribution in [0.25, 0.3) is 0 Å². The van der Waals surface area contributed by atoms with Gasteiger partial charge in [-0.25, -0.2) is 13.2 Å². The van der Waals surface area contributed by atoms with Crippen LogP contribution in [0.3, 0.4) is 0 Å². The molecular weight excluding hydrogens is 302 g/mol. The quantitative estimate of drug-likeness (QED) is 0.919. The number of rotatable bonds is 3. The number of carbonyl (C=O) groups excluding carboxylic acids is 1. The van der Waals surface area contributed by atoms with Crippen LogP contribution in [-0.2, 0) is 10.0 Å². The summed E-state index contributed by atoms with van der Waals surface area (Å²) in [6.07, 6.45) is 1.55. The molecule has 6 nitrogen and oxygen atoms in total. The first-order valence-electron chi connectivity index (χ1n) is 7.58. The van der Waals surface area contributed by atoms with E-state index in [2.05, 4.69) is 5.32 Å². The van der Waals surface area contributed by atoms with Crippen LogP contribution in [0.2, 0.25) is 0 Å². The van der Waals surface area contributed by atoms with Crippen molar-refractivity contribution in [2.24, 2.45) is 0 Å². The summed E-state index contributed by atoms with van der Waals surface area (Å²) in [6, 6.07) is 7.43. The van der Waals surface area contributed by atoms with Gasteiger partial charge in [-0.3, -0.25) is 0 Å². The maximum atomic E-state index is 12.2. The van der Waals surface area contributed by atoms with Gasteiger partial charge < -0.3 is 10.2 Å². The fourth-order valence-corrected chi connectivity index (χ4v) is 4.39. The van der Waals surface area contributed by atoms with Gasteiger partial charge in [-0.1, -0.05) is 17.7 Å². The van der Waals surface area contributed by atoms with Crippen molar-refractivity contribution in [2.75, 3.05) is 31.5 Å². The van der Waals surface area contributed by atoms with Gasteiger partial charge in [0.15, 0.2) is 0 Å². The Morgan fingerprint density at radius 1 is 1.09 bits per heavy atom. The van der Waals surface area contributed by atoms with E-state index in [9.17, 15) is 13.2 Å². The molecular formula is C15H21N3O3S. The van der Waals surface area contributed by atoms with Crippen LogP contribution < -0.4 is 5.32 Å². The second kappa shape index (κ2) is 5.89. The Morgan fingerprint density at radius 2 is 1.68 bits per heavy atom. The van der Waals surface area contributed by atoms with Crippen molar-refractivity contribution in [1.29, 1.82) is 0 Å². The lowest BCUT2D eigenvalue weighted by Gasteiger charge is -2.34. The molecule has 1 N–H and O–H groups in total. The zero-order valence-electron chi connectivity index (χ0n) is 12.7. The van der Waals surface area contributed by atoms with Crippen molar-refractivity contribution < 1.29 is 13.2 Å². The van der Waals surface area contributed by atoms with E-state index < -0.39 is 10.0 Å². The van der Waals surface area contributed by atoms with Gasteiger partial charge in [-0.2, -0.15) is 4.31 Å². The predicted octanol–water partition coefficient (Wildman–Crippen LogP) is 1.64. The number of nitrogens with zero attached hydrogens (tertiary/aromatic N) is 2. The third-order valence-electron chi connectivity index (χ3n) is 4.13. The fourth-order valence-electron chi connectivity index (χ4n) is 2.56. The molecule has 2 aliphatic rings. The van der Waals surface area contributed by atoms with Crippen LogP contribution in [0.4, 0.5) is 10.5 Å². The lowest BCUT2D eigenvalue weighted by Crippen LogP contribution is -2.52. The minimum absolute atomic E-state index is 0.174. The number of sulfonamides is 1. The molecule has 1 aliphatic heterocycles. The van der Waals surface area contributed by atoms with E-state index in [0.717, 1.165) is 24.1 Å². The van der Waals surface area contributed by atoms with E-state index in [1.807, 2.05) is 31.2 Å². The maximum Gasteiger partial charge on any atom is 0.321 e. The molecule has 1 aromatic carbocycles. The van der Waals surface area contributed by atoms with Crippen LogP contribution in [0.15, 0.2) is 24.3 Å². The number of aryl methyl sites for hydroxylation is 1. The predicted molar refractivity (Wildman–Crippen MR) is 85.3 cm³/mol. The molecule has 3 rings (SSSR count). The minimum Gasteiger partial charge on any atom is -0.322 e. The van der Waals surface area contributed by atoms with E-state index >= 15 is 0 Å². The first-order valence-corrected chi connectivity index (χ1v) is 9.09. The van der Waals surface area contributed by atoms with Crippen molar-refractivity contribution in [3.63, 3.8) is 0 Å². The number of nitrogens with one attached hydrogen (secondary N) is 1. The van der Waals surface area contributed by atoms with Crippen molar-refractivity contribution in [2.45, 2.75) is 25.0 Å². The molecule has 1 aromatic rings. The zero-order valence-corrected chi connectivity index (χ0v) is 13.5. The number of hydrogen-bond donors (Lipinski definition) is 1. The third-order valence-corrected chi connectivity index (χ3v) is 6.53. The van der Waals surface area contributed by atoms with Gasteiger partial charge >= 0.3 is 6.03 Å². The Balaban J connectivity index is 1.54. The molecule has 0 radical (unpaired) electrons. The lowest BCUT2D eigenvalue weighted by atomic mass is 10.2. The van der Waals surface area contributed by atoms with Crippen molar-refractivity contribution in [3.05, 3.63) is 29.8 Å². The monoisotopic (exact) mass is 323 g/mol. The molecule has 0 aromatic heterocycles. The summed E-state index contributed by atoms with van der Waals surface area (Å²) < 4.78 is 25.8. The van der Waals surface area contributed by atoms with Crippen LogP contribution in [-0.4, -0.2) is 55.1 Å². The highest BCUT2D eigenvalue weighted by molar-refractivity contribution is 7.90. The molecule has 0 spiro atoms. The molecule has 0 bridgehead atoms. The Labute approximate surface area is 131 Å². The summed E-state index contributed by atoms with van der Waals surface area (Å²) >= 11 is 0. The smallest absolute Gasteiger partial charge is 0.321 e. The molecule has 0 atom stereocenters. The lowest BCUT2D eigenvalue weighted by molar-refractivity contribution is 0.184. The third kappa shape index (κ3) is 3.25. The first kappa shape index (κ1) is 15.3. The summed E-state index contributed by atoms with van der Waals surface area (Å²) in [5.41, 5.74) is 1.89. The zero-order chi connectivity index (χ0) is 15.7. The molecule has 1 aliphatic carbocycles. The Bertz CT molecular complexity index is 645. The van der Waals surface area contributed by atoms with Crippen molar-refractivity contribution in [1.82, 2.24) is 9.21 Å². The van der Waals surface area contributed by atoms with Gasteiger partial charge in [0.25, 0.3) is 0 Å². The van der Waals surface area contributed by atoms with Gasteiger partial charge in [0.1, 0.15) is 0 Å². The largest absolute Gasteiger partial charge is 0.322 e. The summed E-state index contributed by atoms with van der Waals surface area (Å²) in [7, 11) is -3.13. The molecule has 1 heterocycles. The summed E-state index contributed by atoms with van der Waals surface area (Å²) in [5, 5.41) is 2.67. The average Bonchev–Trinajstić information content (AvgIpc) is 3.35. The molecule has 2 amide bonds. The van der Waals surface area contributed by atoms with Gasteiger partial charge in [-0.05, 0) is 31.9 Å². The number of urea groups is 1. The number of carbonyl (C=O) groups is 1. The fraction of sp³-hybridized carbons (Fsp3) is 0.533. The highest BCUT2D eigenvalue weighted by Gasteiger charge is 2.41. The van der Waals surface area contributed by atoms with Crippen LogP contribution in [0, 0.1) is 6.92 Å². The molecule has 2 fully saturated rings. The van der Waals surface area contributed by atoms with Crippen molar-refractivity contribution in [3.8, 4) is 0 Å². The van der Waals surface area contributed by atoms with Crippen molar-refractivity contribution >= 4 is 21.7 Å². The first-order chi connectivity index (χ1) is 10.5. The van der Waals surface area contributed by atoms with E-state index in [1.165, 1.54) is 4.31 Å². The Kier molecular flexibility index (Phi) is 4.10. The van der Waals surface area contributed by atoms with Gasteiger partial charge in [-0.15, -0.1) is 0 Å². The van der Waals surface area contributed by atoms with E-state index in [-0.39, 0.29) is 11.3 Å². The highest BCUT2D eigenvalue weighted by Crippen LogP contribution is 2.31. The van der Waals surface area contributed by atoms with Gasteiger partial charge in [0.2, 0.25) is 10.0 Å².